The van der Waals surface area contributed by atoms with E-state index in [0.29, 0.717) is 12.6 Å². The van der Waals surface area contributed by atoms with Crippen LogP contribution in [0.2, 0.25) is 0 Å². The molecule has 0 amide bonds. The summed E-state index contributed by atoms with van der Waals surface area (Å²) in [5, 5.41) is 3.46. The maximum Gasteiger partial charge on any atom is 0.194 e. The minimum absolute atomic E-state index is 0.342. The molecule has 0 bridgehead atoms. The quantitative estimate of drug-likeness (QED) is 0.310. The van der Waals surface area contributed by atoms with Crippen LogP contribution in [-0.4, -0.2) is 66.5 Å². The Labute approximate surface area is 192 Å². The van der Waals surface area contributed by atoms with E-state index < -0.39 is 0 Å². The summed E-state index contributed by atoms with van der Waals surface area (Å²) < 4.78 is 13.3. The van der Waals surface area contributed by atoms with Gasteiger partial charge in [-0.3, -0.25) is 0 Å². The van der Waals surface area contributed by atoms with Crippen LogP contribution in [0.15, 0.2) is 47.7 Å². The van der Waals surface area contributed by atoms with Gasteiger partial charge in [0.1, 0.15) is 12.4 Å². The molecule has 7 nitrogen and oxygen atoms in total. The second-order valence-corrected chi connectivity index (χ2v) is 8.20. The molecule has 7 heteroatoms. The van der Waals surface area contributed by atoms with Gasteiger partial charge in [0.15, 0.2) is 5.96 Å². The summed E-state index contributed by atoms with van der Waals surface area (Å²) in [6.07, 6.45) is 9.48. The van der Waals surface area contributed by atoms with Gasteiger partial charge in [0, 0.05) is 58.9 Å². The van der Waals surface area contributed by atoms with Gasteiger partial charge >= 0.3 is 0 Å². The molecule has 0 unspecified atom stereocenters. The Morgan fingerprint density at radius 2 is 1.97 bits per heavy atom. The van der Waals surface area contributed by atoms with Crippen LogP contribution in [0, 0.1) is 0 Å². The van der Waals surface area contributed by atoms with Gasteiger partial charge in [0.05, 0.1) is 6.10 Å². The standard InChI is InChI=1S/C25H39N5O2/c1-3-26-25(30-16-12-23(13-17-30)32-20-8-19-31-2)28-21-24-27-14-18-29(24)15-7-11-22-9-5-4-6-10-22/h4-6,9-10,14,18,23H,3,7-8,11-13,15-17,19-21H2,1-2H3,(H,26,28). The number of ether oxygens (including phenoxy) is 2. The molecule has 1 aromatic heterocycles. The monoisotopic (exact) mass is 441 g/mol. The molecule has 0 radical (unpaired) electrons. The summed E-state index contributed by atoms with van der Waals surface area (Å²) in [6.45, 7) is 8.00. The zero-order chi connectivity index (χ0) is 22.4. The van der Waals surface area contributed by atoms with Crippen molar-refractivity contribution in [1.82, 2.24) is 19.8 Å². The highest BCUT2D eigenvalue weighted by Gasteiger charge is 2.22. The third kappa shape index (κ3) is 7.95. The lowest BCUT2D eigenvalue weighted by molar-refractivity contribution is 0.00990. The topological polar surface area (TPSA) is 63.9 Å². The number of aliphatic imine (C=N–C) groups is 1. The van der Waals surface area contributed by atoms with E-state index in [1.807, 2.05) is 6.20 Å². The van der Waals surface area contributed by atoms with E-state index in [0.717, 1.165) is 83.3 Å². The number of nitrogens with one attached hydrogen (secondary N) is 1. The average molecular weight is 442 g/mol. The second-order valence-electron chi connectivity index (χ2n) is 8.20. The van der Waals surface area contributed by atoms with Gasteiger partial charge in [-0.25, -0.2) is 9.98 Å². The van der Waals surface area contributed by atoms with E-state index in [2.05, 4.69) is 63.2 Å². The molecular formula is C25H39N5O2. The van der Waals surface area contributed by atoms with Crippen molar-refractivity contribution in [3.63, 3.8) is 0 Å². The molecule has 3 rings (SSSR count). The summed E-state index contributed by atoms with van der Waals surface area (Å²) in [5.74, 6) is 1.99. The van der Waals surface area contributed by atoms with Crippen molar-refractivity contribution < 1.29 is 9.47 Å². The van der Waals surface area contributed by atoms with Gasteiger partial charge < -0.3 is 24.3 Å². The Kier molecular flexibility index (Phi) is 10.5. The molecule has 1 aliphatic rings. The predicted octanol–water partition coefficient (Wildman–Crippen LogP) is 3.50. The van der Waals surface area contributed by atoms with Crippen LogP contribution < -0.4 is 5.32 Å². The average Bonchev–Trinajstić information content (AvgIpc) is 3.28. The van der Waals surface area contributed by atoms with Crippen LogP contribution in [0.5, 0.6) is 0 Å². The molecule has 1 fully saturated rings. The van der Waals surface area contributed by atoms with Crippen LogP contribution in [0.3, 0.4) is 0 Å². The maximum atomic E-state index is 6.00. The number of hydrogen-bond donors (Lipinski definition) is 1. The van der Waals surface area contributed by atoms with Crippen molar-refractivity contribution in [2.45, 2.75) is 58.2 Å². The third-order valence-electron chi connectivity index (χ3n) is 5.80. The van der Waals surface area contributed by atoms with Gasteiger partial charge in [-0.15, -0.1) is 0 Å². The molecule has 176 valence electrons. The Morgan fingerprint density at radius 3 is 2.72 bits per heavy atom. The minimum Gasteiger partial charge on any atom is -0.385 e. The molecule has 0 saturated carbocycles. The van der Waals surface area contributed by atoms with Crippen molar-refractivity contribution in [2.24, 2.45) is 4.99 Å². The smallest absolute Gasteiger partial charge is 0.194 e. The number of benzene rings is 1. The highest BCUT2D eigenvalue weighted by Crippen LogP contribution is 2.15. The van der Waals surface area contributed by atoms with Crippen molar-refractivity contribution in [3.8, 4) is 0 Å². The fraction of sp³-hybridized carbons (Fsp3) is 0.600. The summed E-state index contributed by atoms with van der Waals surface area (Å²) in [7, 11) is 1.73. The Hall–Kier alpha value is -2.38. The number of aromatic nitrogens is 2. The Bertz CT molecular complexity index is 785. The van der Waals surface area contributed by atoms with E-state index in [-0.39, 0.29) is 0 Å². The first-order valence-corrected chi connectivity index (χ1v) is 12.0. The van der Waals surface area contributed by atoms with Crippen LogP contribution in [0.4, 0.5) is 0 Å². The Morgan fingerprint density at radius 1 is 1.16 bits per heavy atom. The van der Waals surface area contributed by atoms with Crippen molar-refractivity contribution in [3.05, 3.63) is 54.1 Å². The SMILES string of the molecule is CCNC(=NCc1nccn1CCCc1ccccc1)N1CCC(OCCCOC)CC1. The first-order chi connectivity index (χ1) is 15.8. The lowest BCUT2D eigenvalue weighted by Gasteiger charge is -2.34. The Balaban J connectivity index is 1.47. The van der Waals surface area contributed by atoms with Gasteiger partial charge in [-0.2, -0.15) is 0 Å². The maximum absolute atomic E-state index is 6.00. The zero-order valence-corrected chi connectivity index (χ0v) is 19.7. The molecule has 0 spiro atoms. The number of nitrogens with zero attached hydrogens (tertiary/aromatic N) is 4. The molecular weight excluding hydrogens is 402 g/mol. The lowest BCUT2D eigenvalue weighted by atomic mass is 10.1. The number of piperidine rings is 1. The van der Waals surface area contributed by atoms with Gasteiger partial charge in [0.25, 0.3) is 0 Å². The van der Waals surface area contributed by atoms with Crippen molar-refractivity contribution >= 4 is 5.96 Å². The number of guanidine groups is 1. The molecule has 0 aliphatic carbocycles. The van der Waals surface area contributed by atoms with Gasteiger partial charge in [-0.1, -0.05) is 30.3 Å². The molecule has 1 aliphatic heterocycles. The minimum atomic E-state index is 0.342. The van der Waals surface area contributed by atoms with E-state index in [9.17, 15) is 0 Å². The summed E-state index contributed by atoms with van der Waals surface area (Å²) in [5.41, 5.74) is 1.38. The molecule has 0 atom stereocenters. The largest absolute Gasteiger partial charge is 0.385 e. The molecule has 1 aromatic carbocycles. The van der Waals surface area contributed by atoms with E-state index in [1.54, 1.807) is 7.11 Å². The van der Waals surface area contributed by atoms with Crippen LogP contribution in [-0.2, 0) is 29.0 Å². The number of aryl methyl sites for hydroxylation is 2. The highest BCUT2D eigenvalue weighted by molar-refractivity contribution is 5.80. The predicted molar refractivity (Wildman–Crippen MR) is 129 cm³/mol. The number of imidazole rings is 1. The van der Waals surface area contributed by atoms with Gasteiger partial charge in [-0.05, 0) is 44.6 Å². The summed E-state index contributed by atoms with van der Waals surface area (Å²) in [4.78, 5) is 11.8. The van der Waals surface area contributed by atoms with Crippen LogP contribution >= 0.6 is 0 Å². The fourth-order valence-electron chi connectivity index (χ4n) is 4.05. The van der Waals surface area contributed by atoms with Crippen LogP contribution in [0.25, 0.3) is 0 Å². The number of likely N-dealkylation sites (tertiary alicyclic amines) is 1. The van der Waals surface area contributed by atoms with E-state index in [4.69, 9.17) is 14.5 Å². The van der Waals surface area contributed by atoms with Crippen molar-refractivity contribution in [1.29, 1.82) is 0 Å². The summed E-state index contributed by atoms with van der Waals surface area (Å²) >= 11 is 0. The van der Waals surface area contributed by atoms with Crippen molar-refractivity contribution in [2.75, 3.05) is 40.0 Å². The van der Waals surface area contributed by atoms with Crippen LogP contribution in [0.1, 0.15) is 44.0 Å². The van der Waals surface area contributed by atoms with E-state index >= 15 is 0 Å². The highest BCUT2D eigenvalue weighted by atomic mass is 16.5. The zero-order valence-electron chi connectivity index (χ0n) is 19.7. The molecule has 2 aromatic rings. The molecule has 32 heavy (non-hydrogen) atoms. The summed E-state index contributed by atoms with van der Waals surface area (Å²) in [6, 6.07) is 10.7. The number of rotatable bonds is 12. The van der Waals surface area contributed by atoms with E-state index in [1.165, 1.54) is 5.56 Å². The van der Waals surface area contributed by atoms with Gasteiger partial charge in [0.2, 0.25) is 0 Å². The number of methoxy groups -OCH3 is 1. The molecule has 2 heterocycles. The lowest BCUT2D eigenvalue weighted by Crippen LogP contribution is -2.47. The fourth-order valence-corrected chi connectivity index (χ4v) is 4.05. The molecule has 1 N–H and O–H groups in total. The molecule has 1 saturated heterocycles. The first-order valence-electron chi connectivity index (χ1n) is 12.0. The normalized spacial score (nSPS) is 15.3. The third-order valence-corrected chi connectivity index (χ3v) is 5.80. The first kappa shape index (κ1) is 24.3. The number of hydrogen-bond acceptors (Lipinski definition) is 4. The second kappa shape index (κ2) is 13.9.